The first-order chi connectivity index (χ1) is 14.9. The van der Waals surface area contributed by atoms with Crippen LogP contribution in [0.3, 0.4) is 0 Å². The number of alkyl halides is 3. The van der Waals surface area contributed by atoms with Gasteiger partial charge in [0.05, 0.1) is 6.61 Å². The predicted molar refractivity (Wildman–Crippen MR) is 109 cm³/mol. The van der Waals surface area contributed by atoms with Crippen molar-refractivity contribution in [1.82, 2.24) is 4.90 Å². The first kappa shape index (κ1) is 25.7. The molecule has 0 aliphatic rings. The van der Waals surface area contributed by atoms with Crippen molar-refractivity contribution in [3.05, 3.63) is 60.7 Å². The van der Waals surface area contributed by atoms with Crippen LogP contribution in [0.15, 0.2) is 65.6 Å². The number of hydrogen-bond acceptors (Lipinski definition) is 6. The van der Waals surface area contributed by atoms with Crippen molar-refractivity contribution in [3.63, 3.8) is 0 Å². The molecule has 0 bridgehead atoms. The fraction of sp³-hybridized carbons (Fsp3) is 0.263. The van der Waals surface area contributed by atoms with E-state index < -0.39 is 37.0 Å². The summed E-state index contributed by atoms with van der Waals surface area (Å²) >= 11 is 0.163. The summed E-state index contributed by atoms with van der Waals surface area (Å²) in [5.41, 5.74) is 0. The van der Waals surface area contributed by atoms with Crippen LogP contribution >= 0.6 is 19.4 Å². The Balaban J connectivity index is 2.75. The number of thioether (sulfide) groups is 1. The van der Waals surface area contributed by atoms with E-state index in [1.54, 1.807) is 6.07 Å². The molecule has 2 rings (SSSR count). The molecule has 0 aromatic heterocycles. The topological polar surface area (TPSA) is 113 Å². The molecule has 0 saturated heterocycles. The van der Waals surface area contributed by atoms with Gasteiger partial charge in [-0.2, -0.15) is 13.2 Å². The van der Waals surface area contributed by atoms with Gasteiger partial charge in [0, 0.05) is 4.90 Å². The van der Waals surface area contributed by atoms with Gasteiger partial charge in [0.15, 0.2) is 0 Å². The number of halogens is 3. The summed E-state index contributed by atoms with van der Waals surface area (Å²) in [5.74, 6) is -4.25. The van der Waals surface area contributed by atoms with Crippen molar-refractivity contribution < 1.29 is 46.6 Å². The second kappa shape index (κ2) is 10.4. The molecular formula is C19H19F3NO7PS. The number of amides is 1. The van der Waals surface area contributed by atoms with E-state index in [9.17, 15) is 37.1 Å². The predicted octanol–water partition coefficient (Wildman–Crippen LogP) is 3.60. The molecule has 0 heterocycles. The zero-order chi connectivity index (χ0) is 24.0. The van der Waals surface area contributed by atoms with E-state index in [-0.39, 0.29) is 33.9 Å². The maximum Gasteiger partial charge on any atom is 0.471 e. The van der Waals surface area contributed by atoms with Crippen molar-refractivity contribution in [3.8, 4) is 5.75 Å². The second-order valence-corrected chi connectivity index (χ2v) is 9.34. The third-order valence-corrected chi connectivity index (χ3v) is 6.91. The summed E-state index contributed by atoms with van der Waals surface area (Å²) < 4.78 is 63.2. The van der Waals surface area contributed by atoms with Gasteiger partial charge in [-0.15, -0.1) is 0 Å². The van der Waals surface area contributed by atoms with Crippen LogP contribution in [0.2, 0.25) is 0 Å². The zero-order valence-electron chi connectivity index (χ0n) is 16.6. The third kappa shape index (κ3) is 6.26. The van der Waals surface area contributed by atoms with E-state index in [0.29, 0.717) is 0 Å². The minimum atomic E-state index is -5.75. The third-order valence-electron chi connectivity index (χ3n) is 3.78. The largest absolute Gasteiger partial charge is 0.471 e. The SMILES string of the molecule is CCOC(=O)CN(C(=O)C(F)(F)F)C(Oc1ccccc1)(Sc1ccccc1)P(=O)(O)O. The molecule has 2 N–H and O–H groups in total. The van der Waals surface area contributed by atoms with Crippen LogP contribution in [-0.4, -0.2) is 50.7 Å². The van der Waals surface area contributed by atoms with Gasteiger partial charge in [0.25, 0.3) is 0 Å². The lowest BCUT2D eigenvalue weighted by Crippen LogP contribution is -2.58. The quantitative estimate of drug-likeness (QED) is 0.236. The zero-order valence-corrected chi connectivity index (χ0v) is 18.3. The van der Waals surface area contributed by atoms with E-state index in [2.05, 4.69) is 4.74 Å². The molecule has 0 aliphatic heterocycles. The van der Waals surface area contributed by atoms with Crippen molar-refractivity contribution in [2.45, 2.75) is 22.8 Å². The molecule has 0 radical (unpaired) electrons. The van der Waals surface area contributed by atoms with Crippen molar-refractivity contribution >= 4 is 31.2 Å². The molecule has 2 aromatic rings. The Bertz CT molecular complexity index is 928. The standard InChI is InChI=1S/C19H19F3NO7PS/c1-2-29-16(24)13-23(17(25)18(20,21)22)19(31(26,27)28,30-14-9-5-3-6-10-14)32-15-11-7-4-8-12-15/h3-12H,2,13H2,1H3,(H2,26,27,28). The number of ether oxygens (including phenoxy) is 2. The highest BCUT2D eigenvalue weighted by molar-refractivity contribution is 8.06. The Morgan fingerprint density at radius 3 is 2.03 bits per heavy atom. The number of carbonyl (C=O) groups is 2. The molecular weight excluding hydrogens is 474 g/mol. The van der Waals surface area contributed by atoms with Crippen LogP contribution in [0.1, 0.15) is 6.92 Å². The first-order valence-electron chi connectivity index (χ1n) is 8.99. The van der Waals surface area contributed by atoms with E-state index in [0.717, 1.165) is 0 Å². The smallest absolute Gasteiger partial charge is 0.465 e. The molecule has 1 amide bonds. The summed E-state index contributed by atoms with van der Waals surface area (Å²) in [6, 6.07) is 14.0. The van der Waals surface area contributed by atoms with Gasteiger partial charge in [0.2, 0.25) is 0 Å². The molecule has 8 nitrogen and oxygen atoms in total. The van der Waals surface area contributed by atoms with E-state index >= 15 is 0 Å². The number of benzene rings is 2. The highest BCUT2D eigenvalue weighted by atomic mass is 32.2. The average Bonchev–Trinajstić information content (AvgIpc) is 2.71. The van der Waals surface area contributed by atoms with Gasteiger partial charge >= 0.3 is 30.4 Å². The molecule has 174 valence electrons. The molecule has 13 heteroatoms. The molecule has 0 aliphatic carbocycles. The maximum absolute atomic E-state index is 13.5. The van der Waals surface area contributed by atoms with E-state index in [1.165, 1.54) is 61.5 Å². The minimum Gasteiger partial charge on any atom is -0.465 e. The molecule has 0 saturated carbocycles. The fourth-order valence-electron chi connectivity index (χ4n) is 2.48. The highest BCUT2D eigenvalue weighted by Gasteiger charge is 2.62. The molecule has 0 spiro atoms. The lowest BCUT2D eigenvalue weighted by atomic mass is 10.3. The Morgan fingerprint density at radius 2 is 1.56 bits per heavy atom. The number of hydrogen-bond donors (Lipinski definition) is 2. The lowest BCUT2D eigenvalue weighted by Gasteiger charge is -2.41. The summed E-state index contributed by atoms with van der Waals surface area (Å²) in [6.07, 6.45) is -5.58. The molecule has 32 heavy (non-hydrogen) atoms. The first-order valence-corrected chi connectivity index (χ1v) is 11.4. The Kier molecular flexibility index (Phi) is 8.35. The molecule has 1 atom stereocenters. The summed E-state index contributed by atoms with van der Waals surface area (Å²) in [5, 5.41) is 0. The summed E-state index contributed by atoms with van der Waals surface area (Å²) in [6.45, 7) is -0.283. The number of para-hydroxylation sites is 1. The number of carbonyl (C=O) groups excluding carboxylic acids is 2. The van der Waals surface area contributed by atoms with E-state index in [1.807, 2.05) is 0 Å². The van der Waals surface area contributed by atoms with Gasteiger partial charge < -0.3 is 19.3 Å². The van der Waals surface area contributed by atoms with Crippen molar-refractivity contribution in [2.75, 3.05) is 13.2 Å². The van der Waals surface area contributed by atoms with Crippen LogP contribution in [0.5, 0.6) is 5.75 Å². The van der Waals surface area contributed by atoms with Gasteiger partial charge in [-0.25, -0.2) is 0 Å². The van der Waals surface area contributed by atoms with Crippen LogP contribution in [0.25, 0.3) is 0 Å². The normalized spacial score (nSPS) is 13.7. The van der Waals surface area contributed by atoms with Gasteiger partial charge in [-0.05, 0) is 43.0 Å². The van der Waals surface area contributed by atoms with Crippen LogP contribution < -0.4 is 4.74 Å². The van der Waals surface area contributed by atoms with Gasteiger partial charge in [-0.1, -0.05) is 36.4 Å². The van der Waals surface area contributed by atoms with Crippen LogP contribution in [0, 0.1) is 0 Å². The Labute approximate surface area is 185 Å². The number of esters is 1. The maximum atomic E-state index is 13.5. The monoisotopic (exact) mass is 493 g/mol. The second-order valence-electron chi connectivity index (χ2n) is 6.12. The lowest BCUT2D eigenvalue weighted by molar-refractivity contribution is -0.194. The fourth-order valence-corrected chi connectivity index (χ4v) is 4.97. The Hall–Kier alpha value is -2.53. The van der Waals surface area contributed by atoms with Gasteiger partial charge in [0.1, 0.15) is 12.3 Å². The number of nitrogens with zero attached hydrogens (tertiary/aromatic N) is 1. The average molecular weight is 493 g/mol. The van der Waals surface area contributed by atoms with Crippen LogP contribution in [0.4, 0.5) is 13.2 Å². The minimum absolute atomic E-state index is 0.0654. The molecule has 0 fully saturated rings. The number of rotatable bonds is 9. The van der Waals surface area contributed by atoms with E-state index in [4.69, 9.17) is 4.74 Å². The van der Waals surface area contributed by atoms with Crippen molar-refractivity contribution in [2.24, 2.45) is 0 Å². The summed E-state index contributed by atoms with van der Waals surface area (Å²) in [4.78, 5) is 41.3. The van der Waals surface area contributed by atoms with Gasteiger partial charge in [-0.3, -0.25) is 19.1 Å². The Morgan fingerprint density at radius 1 is 1.03 bits per heavy atom. The molecule has 1 unspecified atom stereocenters. The van der Waals surface area contributed by atoms with Crippen LogP contribution in [-0.2, 0) is 18.9 Å². The molecule has 2 aromatic carbocycles. The highest BCUT2D eigenvalue weighted by Crippen LogP contribution is 2.61. The summed E-state index contributed by atoms with van der Waals surface area (Å²) in [7, 11) is -5.75. The van der Waals surface area contributed by atoms with Crippen molar-refractivity contribution in [1.29, 1.82) is 0 Å².